The molecule has 0 fully saturated rings. The summed E-state index contributed by atoms with van der Waals surface area (Å²) in [5, 5.41) is 0.128. The third-order valence-electron chi connectivity index (χ3n) is 4.57. The van der Waals surface area contributed by atoms with Crippen molar-refractivity contribution in [1.29, 1.82) is 0 Å². The van der Waals surface area contributed by atoms with Crippen molar-refractivity contribution in [1.82, 2.24) is 0 Å². The van der Waals surface area contributed by atoms with Gasteiger partial charge in [-0.2, -0.15) is 13.2 Å². The minimum absolute atomic E-state index is 0.0369. The summed E-state index contributed by atoms with van der Waals surface area (Å²) in [6.07, 6.45) is -4.32. The van der Waals surface area contributed by atoms with Crippen LogP contribution in [0.15, 0.2) is 72.8 Å². The molecule has 0 N–H and O–H groups in total. The molecular formula is C25H26ClF3. The normalized spacial score (nSPS) is 11.4. The minimum atomic E-state index is -4.32. The van der Waals surface area contributed by atoms with Crippen LogP contribution < -0.4 is 0 Å². The maximum Gasteiger partial charge on any atom is 0.416 e. The van der Waals surface area contributed by atoms with E-state index in [2.05, 4.69) is 68.4 Å². The monoisotopic (exact) mass is 418 g/mol. The van der Waals surface area contributed by atoms with Crippen LogP contribution in [0.25, 0.3) is 11.1 Å². The highest BCUT2D eigenvalue weighted by Gasteiger charge is 2.31. The van der Waals surface area contributed by atoms with Crippen molar-refractivity contribution >= 4 is 11.6 Å². The third-order valence-corrected chi connectivity index (χ3v) is 4.79. The predicted molar refractivity (Wildman–Crippen MR) is 117 cm³/mol. The summed E-state index contributed by atoms with van der Waals surface area (Å²) in [5.74, 6) is 0.628. The van der Waals surface area contributed by atoms with Gasteiger partial charge in [-0.15, -0.1) is 0 Å². The number of hydrogen-bond donors (Lipinski definition) is 0. The van der Waals surface area contributed by atoms with Crippen molar-refractivity contribution in [2.75, 3.05) is 0 Å². The average Bonchev–Trinajstić information content (AvgIpc) is 2.68. The fourth-order valence-electron chi connectivity index (χ4n) is 2.82. The molecule has 0 spiro atoms. The van der Waals surface area contributed by atoms with Crippen LogP contribution >= 0.6 is 11.6 Å². The quantitative estimate of drug-likeness (QED) is 0.398. The van der Waals surface area contributed by atoms with Gasteiger partial charge in [0.25, 0.3) is 0 Å². The molecule has 3 aromatic carbocycles. The van der Waals surface area contributed by atoms with E-state index in [1.54, 1.807) is 6.07 Å². The Morgan fingerprint density at radius 2 is 1.24 bits per heavy atom. The van der Waals surface area contributed by atoms with Crippen LogP contribution in [-0.4, -0.2) is 0 Å². The van der Waals surface area contributed by atoms with Gasteiger partial charge in [0.05, 0.1) is 5.56 Å². The van der Waals surface area contributed by atoms with Gasteiger partial charge in [0.15, 0.2) is 0 Å². The molecule has 0 nitrogen and oxygen atoms in total. The zero-order chi connectivity index (χ0) is 21.6. The van der Waals surface area contributed by atoms with Gasteiger partial charge >= 0.3 is 6.18 Å². The van der Waals surface area contributed by atoms with E-state index in [1.807, 2.05) is 13.8 Å². The van der Waals surface area contributed by atoms with Gasteiger partial charge in [-0.1, -0.05) is 93.9 Å². The van der Waals surface area contributed by atoms with E-state index in [4.69, 9.17) is 11.6 Å². The van der Waals surface area contributed by atoms with Crippen LogP contribution in [-0.2, 0) is 6.18 Å². The van der Waals surface area contributed by atoms with Crippen LogP contribution in [0.4, 0.5) is 13.2 Å². The van der Waals surface area contributed by atoms with Gasteiger partial charge in [-0.3, -0.25) is 0 Å². The molecule has 29 heavy (non-hydrogen) atoms. The summed E-state index contributed by atoms with van der Waals surface area (Å²) >= 11 is 5.60. The molecule has 0 amide bonds. The zero-order valence-electron chi connectivity index (χ0n) is 17.1. The molecule has 0 aliphatic carbocycles. The molecule has 0 aromatic heterocycles. The standard InChI is InChI=1S/C15H16.C10H10ClF3/c1-12(2)14-9-6-10-15(11-14)13-7-4-3-5-8-13;1-6(2)7-3-8(10(12,13)14)5-9(11)4-7/h3-12H,1-2H3;3-6H,1-2H3. The van der Waals surface area contributed by atoms with Crippen LogP contribution in [0.2, 0.25) is 5.02 Å². The fraction of sp³-hybridized carbons (Fsp3) is 0.280. The number of benzene rings is 3. The van der Waals surface area contributed by atoms with E-state index in [-0.39, 0.29) is 10.9 Å². The summed E-state index contributed by atoms with van der Waals surface area (Å²) in [5.41, 5.74) is 3.91. The van der Waals surface area contributed by atoms with Crippen molar-refractivity contribution < 1.29 is 13.2 Å². The first-order valence-corrected chi connectivity index (χ1v) is 9.98. The van der Waals surface area contributed by atoms with Gasteiger partial charge in [0.2, 0.25) is 0 Å². The molecule has 0 heterocycles. The summed E-state index contributed by atoms with van der Waals surface area (Å²) in [4.78, 5) is 0. The lowest BCUT2D eigenvalue weighted by Gasteiger charge is -2.11. The van der Waals surface area contributed by atoms with Crippen LogP contribution in [0.5, 0.6) is 0 Å². The lowest BCUT2D eigenvalue weighted by Crippen LogP contribution is -2.05. The highest BCUT2D eigenvalue weighted by atomic mass is 35.5. The second-order valence-electron chi connectivity index (χ2n) is 7.57. The van der Waals surface area contributed by atoms with Gasteiger partial charge in [-0.05, 0) is 52.3 Å². The van der Waals surface area contributed by atoms with Crippen molar-refractivity contribution in [3.05, 3.63) is 94.5 Å². The molecule has 0 aliphatic rings. The average molecular weight is 419 g/mol. The first-order valence-electron chi connectivity index (χ1n) is 9.61. The molecule has 3 rings (SSSR count). The number of halogens is 4. The summed E-state index contributed by atoms with van der Waals surface area (Å²) in [7, 11) is 0. The van der Waals surface area contributed by atoms with E-state index in [9.17, 15) is 13.2 Å². The fourth-order valence-corrected chi connectivity index (χ4v) is 3.06. The largest absolute Gasteiger partial charge is 0.416 e. The van der Waals surface area contributed by atoms with Crippen molar-refractivity contribution in [3.8, 4) is 11.1 Å². The highest BCUT2D eigenvalue weighted by Crippen LogP contribution is 2.33. The Bertz CT molecular complexity index is 913. The second kappa shape index (κ2) is 9.98. The van der Waals surface area contributed by atoms with Gasteiger partial charge < -0.3 is 0 Å². The summed E-state index contributed by atoms with van der Waals surface area (Å²) in [6.45, 7) is 8.10. The van der Waals surface area contributed by atoms with Gasteiger partial charge in [0.1, 0.15) is 0 Å². The Morgan fingerprint density at radius 3 is 1.79 bits per heavy atom. The maximum absolute atomic E-state index is 12.4. The van der Waals surface area contributed by atoms with Crippen molar-refractivity contribution in [2.24, 2.45) is 0 Å². The van der Waals surface area contributed by atoms with E-state index >= 15 is 0 Å². The second-order valence-corrected chi connectivity index (χ2v) is 8.01. The number of hydrogen-bond acceptors (Lipinski definition) is 0. The molecule has 0 aliphatic heterocycles. The van der Waals surface area contributed by atoms with Crippen LogP contribution in [0, 0.1) is 0 Å². The van der Waals surface area contributed by atoms with Gasteiger partial charge in [-0.25, -0.2) is 0 Å². The molecule has 0 bridgehead atoms. The minimum Gasteiger partial charge on any atom is -0.166 e. The van der Waals surface area contributed by atoms with E-state index in [0.29, 0.717) is 11.5 Å². The zero-order valence-corrected chi connectivity index (χ0v) is 17.9. The Kier molecular flexibility index (Phi) is 7.92. The Morgan fingerprint density at radius 1 is 0.655 bits per heavy atom. The topological polar surface area (TPSA) is 0 Å². The Hall–Kier alpha value is -2.26. The molecule has 0 saturated carbocycles. The molecule has 4 heteroatoms. The van der Waals surface area contributed by atoms with Crippen LogP contribution in [0.1, 0.15) is 56.2 Å². The molecular weight excluding hydrogens is 393 g/mol. The smallest absolute Gasteiger partial charge is 0.166 e. The predicted octanol–water partition coefficient (Wildman–Crippen LogP) is 8.96. The summed E-state index contributed by atoms with van der Waals surface area (Å²) < 4.78 is 37.1. The van der Waals surface area contributed by atoms with E-state index in [0.717, 1.165) is 12.1 Å². The molecule has 0 radical (unpaired) electrons. The van der Waals surface area contributed by atoms with Crippen LogP contribution in [0.3, 0.4) is 0 Å². The number of alkyl halides is 3. The van der Waals surface area contributed by atoms with Gasteiger partial charge in [0, 0.05) is 5.02 Å². The van der Waals surface area contributed by atoms with E-state index in [1.165, 1.54) is 16.7 Å². The lowest BCUT2D eigenvalue weighted by molar-refractivity contribution is -0.137. The molecule has 154 valence electrons. The Balaban J connectivity index is 0.000000208. The molecule has 0 saturated heterocycles. The highest BCUT2D eigenvalue weighted by molar-refractivity contribution is 6.30. The SMILES string of the molecule is CC(C)c1cc(Cl)cc(C(F)(F)F)c1.CC(C)c1cccc(-c2ccccc2)c1. The molecule has 0 unspecified atom stereocenters. The first kappa shape index (κ1) is 23.0. The molecule has 3 aromatic rings. The first-order chi connectivity index (χ1) is 13.6. The maximum atomic E-state index is 12.4. The third kappa shape index (κ3) is 6.93. The van der Waals surface area contributed by atoms with E-state index < -0.39 is 11.7 Å². The molecule has 0 atom stereocenters. The summed E-state index contributed by atoms with van der Waals surface area (Å²) in [6, 6.07) is 22.9. The van der Waals surface area contributed by atoms with Crippen molar-refractivity contribution in [3.63, 3.8) is 0 Å². The Labute approximate surface area is 176 Å². The lowest BCUT2D eigenvalue weighted by atomic mass is 9.98. The van der Waals surface area contributed by atoms with Crippen molar-refractivity contribution in [2.45, 2.75) is 45.7 Å². The number of rotatable bonds is 3.